The van der Waals surface area contributed by atoms with Gasteiger partial charge in [-0.15, -0.1) is 0 Å². The summed E-state index contributed by atoms with van der Waals surface area (Å²) >= 11 is 0. The third-order valence-corrected chi connectivity index (χ3v) is 3.39. The number of hydrogen-bond acceptors (Lipinski definition) is 3. The second-order valence-corrected chi connectivity index (χ2v) is 4.75. The monoisotopic (exact) mass is 244 g/mol. The Labute approximate surface area is 105 Å². The fraction of sp³-hybridized carbons (Fsp3) is 0.385. The van der Waals surface area contributed by atoms with E-state index in [9.17, 15) is 4.79 Å². The van der Waals surface area contributed by atoms with E-state index >= 15 is 0 Å². The van der Waals surface area contributed by atoms with Crippen LogP contribution in [0.5, 0.6) is 0 Å². The predicted molar refractivity (Wildman–Crippen MR) is 70.3 cm³/mol. The summed E-state index contributed by atoms with van der Waals surface area (Å²) in [7, 11) is 0. The lowest BCUT2D eigenvalue weighted by atomic mass is 10.0. The molecule has 5 heteroatoms. The number of benzene rings is 1. The molecule has 1 unspecified atom stereocenters. The number of aromatic nitrogens is 2. The number of carbonyl (C=O) groups is 1. The Kier molecular flexibility index (Phi) is 2.98. The van der Waals surface area contributed by atoms with Crippen LogP contribution in [-0.2, 0) is 4.79 Å². The molecule has 1 aliphatic rings. The molecule has 18 heavy (non-hydrogen) atoms. The molecule has 1 aromatic carbocycles. The number of para-hydroxylation sites is 1. The fourth-order valence-corrected chi connectivity index (χ4v) is 2.43. The van der Waals surface area contributed by atoms with Gasteiger partial charge in [0.15, 0.2) is 0 Å². The van der Waals surface area contributed by atoms with Gasteiger partial charge in [-0.05, 0) is 31.5 Å². The third kappa shape index (κ3) is 2.22. The van der Waals surface area contributed by atoms with Crippen LogP contribution < -0.4 is 10.6 Å². The summed E-state index contributed by atoms with van der Waals surface area (Å²) in [6.07, 6.45) is 3.42. The summed E-state index contributed by atoms with van der Waals surface area (Å²) in [5, 5.41) is 14.1. The van der Waals surface area contributed by atoms with Crippen LogP contribution in [0.3, 0.4) is 0 Å². The number of anilines is 1. The lowest BCUT2D eigenvalue weighted by molar-refractivity contribution is -0.116. The molecule has 1 amide bonds. The first-order valence-corrected chi connectivity index (χ1v) is 6.25. The normalized spacial score (nSPS) is 19.2. The Morgan fingerprint density at radius 1 is 1.50 bits per heavy atom. The standard InChI is InChI=1S/C13H16N4O/c18-12(6-9-4-5-14-7-9)16-11-3-1-2-10-8-15-17-13(10)11/h1-3,8-9,14H,4-7H2,(H,15,17)(H,16,18). The van der Waals surface area contributed by atoms with Gasteiger partial charge in [0.2, 0.25) is 5.91 Å². The van der Waals surface area contributed by atoms with Gasteiger partial charge in [-0.1, -0.05) is 12.1 Å². The number of aromatic amines is 1. The SMILES string of the molecule is O=C(CC1CCNC1)Nc1cccc2cn[nH]c12. The molecule has 0 spiro atoms. The summed E-state index contributed by atoms with van der Waals surface area (Å²) in [5.41, 5.74) is 1.69. The van der Waals surface area contributed by atoms with Gasteiger partial charge in [-0.3, -0.25) is 9.89 Å². The van der Waals surface area contributed by atoms with E-state index in [0.717, 1.165) is 36.1 Å². The first-order valence-electron chi connectivity index (χ1n) is 6.25. The maximum absolute atomic E-state index is 12.0. The fourth-order valence-electron chi connectivity index (χ4n) is 2.43. The van der Waals surface area contributed by atoms with Crippen LogP contribution in [0.4, 0.5) is 5.69 Å². The highest BCUT2D eigenvalue weighted by atomic mass is 16.1. The third-order valence-electron chi connectivity index (χ3n) is 3.39. The van der Waals surface area contributed by atoms with Crippen LogP contribution in [0.1, 0.15) is 12.8 Å². The summed E-state index contributed by atoms with van der Waals surface area (Å²) in [5.74, 6) is 0.539. The summed E-state index contributed by atoms with van der Waals surface area (Å²) in [6, 6.07) is 5.78. The molecule has 2 heterocycles. The minimum atomic E-state index is 0.0748. The van der Waals surface area contributed by atoms with E-state index in [2.05, 4.69) is 20.8 Å². The Morgan fingerprint density at radius 3 is 3.28 bits per heavy atom. The van der Waals surface area contributed by atoms with Gasteiger partial charge < -0.3 is 10.6 Å². The zero-order valence-electron chi connectivity index (χ0n) is 10.1. The quantitative estimate of drug-likeness (QED) is 0.766. The Morgan fingerprint density at radius 2 is 2.44 bits per heavy atom. The molecule has 94 valence electrons. The van der Waals surface area contributed by atoms with Gasteiger partial charge >= 0.3 is 0 Å². The molecule has 1 aliphatic heterocycles. The zero-order valence-corrected chi connectivity index (χ0v) is 10.1. The average molecular weight is 244 g/mol. The predicted octanol–water partition coefficient (Wildman–Crippen LogP) is 1.50. The first kappa shape index (κ1) is 11.2. The highest BCUT2D eigenvalue weighted by Crippen LogP contribution is 2.21. The second kappa shape index (κ2) is 4.78. The lowest BCUT2D eigenvalue weighted by Crippen LogP contribution is -2.18. The van der Waals surface area contributed by atoms with Crippen molar-refractivity contribution in [3.63, 3.8) is 0 Å². The number of hydrogen-bond donors (Lipinski definition) is 3. The molecule has 2 aromatic rings. The smallest absolute Gasteiger partial charge is 0.224 e. The topological polar surface area (TPSA) is 69.8 Å². The number of rotatable bonds is 3. The average Bonchev–Trinajstić information content (AvgIpc) is 2.99. The Balaban J connectivity index is 1.71. The molecular weight excluding hydrogens is 228 g/mol. The van der Waals surface area contributed by atoms with E-state index in [0.29, 0.717) is 12.3 Å². The number of carbonyl (C=O) groups excluding carboxylic acids is 1. The minimum Gasteiger partial charge on any atom is -0.324 e. The van der Waals surface area contributed by atoms with Crippen LogP contribution >= 0.6 is 0 Å². The largest absolute Gasteiger partial charge is 0.324 e. The van der Waals surface area contributed by atoms with Crippen molar-refractivity contribution in [3.8, 4) is 0 Å². The summed E-state index contributed by atoms with van der Waals surface area (Å²) < 4.78 is 0. The van der Waals surface area contributed by atoms with Gasteiger partial charge in [-0.25, -0.2) is 0 Å². The molecule has 3 N–H and O–H groups in total. The van der Waals surface area contributed by atoms with Gasteiger partial charge in [0.05, 0.1) is 17.4 Å². The summed E-state index contributed by atoms with van der Waals surface area (Å²) in [6.45, 7) is 1.97. The number of fused-ring (bicyclic) bond motifs is 1. The van der Waals surface area contributed by atoms with Gasteiger partial charge in [0.25, 0.3) is 0 Å². The van der Waals surface area contributed by atoms with Crippen LogP contribution in [0, 0.1) is 5.92 Å². The van der Waals surface area contributed by atoms with Crippen molar-refractivity contribution in [1.29, 1.82) is 0 Å². The maximum atomic E-state index is 12.0. The van der Waals surface area contributed by atoms with E-state index in [-0.39, 0.29) is 5.91 Å². The van der Waals surface area contributed by atoms with Crippen molar-refractivity contribution >= 4 is 22.5 Å². The van der Waals surface area contributed by atoms with E-state index in [1.807, 2.05) is 18.2 Å². The first-order chi connectivity index (χ1) is 8.83. The number of H-pyrrole nitrogens is 1. The van der Waals surface area contributed by atoms with E-state index in [1.165, 1.54) is 0 Å². The highest BCUT2D eigenvalue weighted by molar-refractivity contribution is 6.00. The second-order valence-electron chi connectivity index (χ2n) is 4.75. The molecule has 1 saturated heterocycles. The Bertz CT molecular complexity index is 557. The zero-order chi connectivity index (χ0) is 12.4. The highest BCUT2D eigenvalue weighted by Gasteiger charge is 2.18. The van der Waals surface area contributed by atoms with Crippen LogP contribution in [0.25, 0.3) is 10.9 Å². The van der Waals surface area contributed by atoms with E-state index in [4.69, 9.17) is 0 Å². The number of amides is 1. The van der Waals surface area contributed by atoms with E-state index in [1.54, 1.807) is 6.20 Å². The number of nitrogens with one attached hydrogen (secondary N) is 3. The molecule has 1 fully saturated rings. The van der Waals surface area contributed by atoms with Gasteiger partial charge in [0.1, 0.15) is 0 Å². The lowest BCUT2D eigenvalue weighted by Gasteiger charge is -2.09. The van der Waals surface area contributed by atoms with Crippen molar-refractivity contribution in [2.45, 2.75) is 12.8 Å². The maximum Gasteiger partial charge on any atom is 0.224 e. The Hall–Kier alpha value is -1.88. The van der Waals surface area contributed by atoms with Crippen LogP contribution in [0.15, 0.2) is 24.4 Å². The van der Waals surface area contributed by atoms with Crippen molar-refractivity contribution < 1.29 is 4.79 Å². The molecular formula is C13H16N4O. The molecule has 0 radical (unpaired) electrons. The van der Waals surface area contributed by atoms with Crippen molar-refractivity contribution in [1.82, 2.24) is 15.5 Å². The number of nitrogens with zero attached hydrogens (tertiary/aromatic N) is 1. The summed E-state index contributed by atoms with van der Waals surface area (Å²) in [4.78, 5) is 12.0. The molecule has 0 aliphatic carbocycles. The van der Waals surface area contributed by atoms with Crippen LogP contribution in [-0.4, -0.2) is 29.2 Å². The van der Waals surface area contributed by atoms with Crippen molar-refractivity contribution in [2.75, 3.05) is 18.4 Å². The van der Waals surface area contributed by atoms with E-state index < -0.39 is 0 Å². The van der Waals surface area contributed by atoms with Gasteiger partial charge in [0, 0.05) is 11.8 Å². The van der Waals surface area contributed by atoms with Crippen molar-refractivity contribution in [2.24, 2.45) is 5.92 Å². The molecule has 0 saturated carbocycles. The van der Waals surface area contributed by atoms with Gasteiger partial charge in [-0.2, -0.15) is 5.10 Å². The minimum absolute atomic E-state index is 0.0748. The van der Waals surface area contributed by atoms with Crippen LogP contribution in [0.2, 0.25) is 0 Å². The molecule has 1 aromatic heterocycles. The molecule has 3 rings (SSSR count). The van der Waals surface area contributed by atoms with Crippen molar-refractivity contribution in [3.05, 3.63) is 24.4 Å². The molecule has 1 atom stereocenters. The molecule has 5 nitrogen and oxygen atoms in total. The molecule has 0 bridgehead atoms.